The second-order valence-corrected chi connectivity index (χ2v) is 8.91. The summed E-state index contributed by atoms with van der Waals surface area (Å²) in [6.07, 6.45) is 1.25. The van der Waals surface area contributed by atoms with Gasteiger partial charge in [-0.25, -0.2) is 0 Å². The van der Waals surface area contributed by atoms with Gasteiger partial charge in [-0.2, -0.15) is 0 Å². The fourth-order valence-electron chi connectivity index (χ4n) is 3.91. The molecule has 2 aromatic carbocycles. The molecule has 1 N–H and O–H groups in total. The van der Waals surface area contributed by atoms with Gasteiger partial charge in [0, 0.05) is 25.6 Å². The van der Waals surface area contributed by atoms with Gasteiger partial charge in [-0.05, 0) is 51.3 Å². The van der Waals surface area contributed by atoms with Crippen LogP contribution in [0.15, 0.2) is 48.5 Å². The predicted octanol–water partition coefficient (Wildman–Crippen LogP) is 3.70. The Balaban J connectivity index is 1.67. The van der Waals surface area contributed by atoms with E-state index in [1.54, 1.807) is 36.1 Å². The highest BCUT2D eigenvalue weighted by molar-refractivity contribution is 6.21. The Kier molecular flexibility index (Phi) is 8.21. The molecule has 0 unspecified atom stereocenters. The first kappa shape index (κ1) is 25.1. The van der Waals surface area contributed by atoms with Crippen LogP contribution in [0, 0.1) is 6.92 Å². The van der Waals surface area contributed by atoms with Crippen LogP contribution in [0.4, 0.5) is 0 Å². The van der Waals surface area contributed by atoms with Gasteiger partial charge in [0.25, 0.3) is 11.8 Å². The van der Waals surface area contributed by atoms with Crippen molar-refractivity contribution in [1.82, 2.24) is 15.1 Å². The summed E-state index contributed by atoms with van der Waals surface area (Å²) in [5.41, 5.74) is 2.85. The van der Waals surface area contributed by atoms with Crippen LogP contribution in [0.25, 0.3) is 0 Å². The van der Waals surface area contributed by atoms with Crippen LogP contribution in [0.2, 0.25) is 0 Å². The Hall–Kier alpha value is -3.48. The van der Waals surface area contributed by atoms with Crippen LogP contribution in [-0.4, -0.2) is 52.1 Å². The average Bonchev–Trinajstić information content (AvgIpc) is 3.08. The zero-order valence-corrected chi connectivity index (χ0v) is 20.3. The first-order valence-corrected chi connectivity index (χ1v) is 11.8. The van der Waals surface area contributed by atoms with Crippen molar-refractivity contribution in [3.63, 3.8) is 0 Å². The van der Waals surface area contributed by atoms with Crippen molar-refractivity contribution in [3.05, 3.63) is 70.8 Å². The smallest absolute Gasteiger partial charge is 0.261 e. The van der Waals surface area contributed by atoms with E-state index in [4.69, 9.17) is 0 Å². The topological polar surface area (TPSA) is 86.8 Å². The maximum atomic E-state index is 13.2. The van der Waals surface area contributed by atoms with Crippen molar-refractivity contribution in [3.8, 4) is 0 Å². The lowest BCUT2D eigenvalue weighted by Gasteiger charge is -2.30. The second kappa shape index (κ2) is 11.1. The minimum absolute atomic E-state index is 0.0140. The molecule has 0 spiro atoms. The zero-order valence-electron chi connectivity index (χ0n) is 20.3. The average molecular weight is 464 g/mol. The maximum absolute atomic E-state index is 13.2. The van der Waals surface area contributed by atoms with Crippen molar-refractivity contribution >= 4 is 23.6 Å². The molecule has 0 aromatic heterocycles. The van der Waals surface area contributed by atoms with E-state index in [2.05, 4.69) is 5.32 Å². The van der Waals surface area contributed by atoms with Crippen LogP contribution >= 0.6 is 0 Å². The van der Waals surface area contributed by atoms with Gasteiger partial charge < -0.3 is 10.2 Å². The maximum Gasteiger partial charge on any atom is 0.261 e. The van der Waals surface area contributed by atoms with Crippen LogP contribution in [-0.2, 0) is 16.1 Å². The van der Waals surface area contributed by atoms with E-state index in [1.807, 2.05) is 45.0 Å². The Bertz CT molecular complexity index is 1030. The summed E-state index contributed by atoms with van der Waals surface area (Å²) in [5.74, 6) is -1.05. The van der Waals surface area contributed by atoms with Crippen LogP contribution < -0.4 is 5.32 Å². The van der Waals surface area contributed by atoms with Gasteiger partial charge in [0.2, 0.25) is 11.8 Å². The summed E-state index contributed by atoms with van der Waals surface area (Å²) < 4.78 is 0. The number of fused-ring (bicyclic) bond motifs is 1. The molecule has 1 aliphatic heterocycles. The third-order valence-electron chi connectivity index (χ3n) is 6.29. The standard InChI is InChI=1S/C27H33N3O4/c1-5-19(3)28-25(32)20(4)30(17-21-14-12-18(2)13-15-21)24(31)11-8-16-29-26(33)22-9-6-7-10-23(22)27(29)34/h6-7,9-10,12-15,19-20H,5,8,11,16-17H2,1-4H3,(H,28,32)/t19-,20-/m1/s1. The van der Waals surface area contributed by atoms with Crippen molar-refractivity contribution in [2.75, 3.05) is 6.54 Å². The molecule has 2 aromatic rings. The van der Waals surface area contributed by atoms with Gasteiger partial charge in [0.1, 0.15) is 6.04 Å². The minimum atomic E-state index is -0.651. The van der Waals surface area contributed by atoms with Gasteiger partial charge in [0.05, 0.1) is 11.1 Å². The number of imide groups is 1. The van der Waals surface area contributed by atoms with E-state index in [0.717, 1.165) is 17.5 Å². The Morgan fingerprint density at radius 1 is 0.971 bits per heavy atom. The highest BCUT2D eigenvalue weighted by Gasteiger charge is 2.35. The molecule has 34 heavy (non-hydrogen) atoms. The first-order chi connectivity index (χ1) is 16.2. The summed E-state index contributed by atoms with van der Waals surface area (Å²) in [6.45, 7) is 8.11. The second-order valence-electron chi connectivity index (χ2n) is 8.91. The molecule has 2 atom stereocenters. The molecule has 4 amide bonds. The van der Waals surface area contributed by atoms with Crippen molar-refractivity contribution in [2.45, 2.75) is 65.6 Å². The predicted molar refractivity (Wildman–Crippen MR) is 130 cm³/mol. The number of carbonyl (C=O) groups is 4. The Labute approximate surface area is 201 Å². The van der Waals surface area contributed by atoms with Crippen molar-refractivity contribution < 1.29 is 19.2 Å². The van der Waals surface area contributed by atoms with E-state index < -0.39 is 6.04 Å². The lowest BCUT2D eigenvalue weighted by molar-refractivity contribution is -0.141. The summed E-state index contributed by atoms with van der Waals surface area (Å²) >= 11 is 0. The van der Waals surface area contributed by atoms with Gasteiger partial charge >= 0.3 is 0 Å². The largest absolute Gasteiger partial charge is 0.352 e. The third kappa shape index (κ3) is 5.71. The lowest BCUT2D eigenvalue weighted by atomic mass is 10.1. The molecule has 7 heteroatoms. The number of amides is 4. The highest BCUT2D eigenvalue weighted by atomic mass is 16.2. The number of hydrogen-bond acceptors (Lipinski definition) is 4. The number of aryl methyl sites for hydroxylation is 1. The molecule has 1 heterocycles. The highest BCUT2D eigenvalue weighted by Crippen LogP contribution is 2.23. The van der Waals surface area contributed by atoms with E-state index >= 15 is 0 Å². The molecule has 0 fully saturated rings. The zero-order chi connectivity index (χ0) is 24.8. The lowest BCUT2D eigenvalue weighted by Crippen LogP contribution is -2.49. The fraction of sp³-hybridized carbons (Fsp3) is 0.407. The molecular formula is C27H33N3O4. The molecule has 7 nitrogen and oxygen atoms in total. The number of nitrogens with zero attached hydrogens (tertiary/aromatic N) is 2. The monoisotopic (exact) mass is 463 g/mol. The molecule has 0 saturated carbocycles. The third-order valence-corrected chi connectivity index (χ3v) is 6.29. The first-order valence-electron chi connectivity index (χ1n) is 11.8. The minimum Gasteiger partial charge on any atom is -0.352 e. The molecule has 0 aliphatic carbocycles. The van der Waals surface area contributed by atoms with E-state index in [9.17, 15) is 19.2 Å². The number of rotatable bonds is 10. The summed E-state index contributed by atoms with van der Waals surface area (Å²) in [4.78, 5) is 53.9. The number of carbonyl (C=O) groups excluding carboxylic acids is 4. The number of benzene rings is 2. The van der Waals surface area contributed by atoms with Gasteiger partial charge in [-0.1, -0.05) is 48.9 Å². The van der Waals surface area contributed by atoms with E-state index in [1.165, 1.54) is 4.90 Å². The van der Waals surface area contributed by atoms with Gasteiger partial charge in [-0.3, -0.25) is 24.1 Å². The quantitative estimate of drug-likeness (QED) is 0.545. The van der Waals surface area contributed by atoms with Crippen LogP contribution in [0.3, 0.4) is 0 Å². The number of nitrogens with one attached hydrogen (secondary N) is 1. The molecule has 180 valence electrons. The molecule has 0 radical (unpaired) electrons. The normalized spacial score (nSPS) is 14.5. The summed E-state index contributed by atoms with van der Waals surface area (Å²) in [5, 5.41) is 2.95. The number of hydrogen-bond donors (Lipinski definition) is 1. The van der Waals surface area contributed by atoms with Crippen molar-refractivity contribution in [2.24, 2.45) is 0 Å². The Morgan fingerprint density at radius 3 is 2.12 bits per heavy atom. The fourth-order valence-corrected chi connectivity index (χ4v) is 3.91. The van der Waals surface area contributed by atoms with E-state index in [0.29, 0.717) is 24.1 Å². The molecule has 0 bridgehead atoms. The Morgan fingerprint density at radius 2 is 1.56 bits per heavy atom. The summed E-state index contributed by atoms with van der Waals surface area (Å²) in [6, 6.07) is 14.0. The molecule has 3 rings (SSSR count). The molecular weight excluding hydrogens is 430 g/mol. The molecule has 1 aliphatic rings. The summed E-state index contributed by atoms with van der Waals surface area (Å²) in [7, 11) is 0. The van der Waals surface area contributed by atoms with E-state index in [-0.39, 0.29) is 42.6 Å². The van der Waals surface area contributed by atoms with Crippen LogP contribution in [0.5, 0.6) is 0 Å². The van der Waals surface area contributed by atoms with Crippen LogP contribution in [0.1, 0.15) is 71.9 Å². The van der Waals surface area contributed by atoms with Gasteiger partial charge in [-0.15, -0.1) is 0 Å². The SMILES string of the molecule is CC[C@@H](C)NC(=O)[C@@H](C)N(Cc1ccc(C)cc1)C(=O)CCCN1C(=O)c2ccccc2C1=O. The molecule has 0 saturated heterocycles. The van der Waals surface area contributed by atoms with Crippen molar-refractivity contribution in [1.29, 1.82) is 0 Å². The van der Waals surface area contributed by atoms with Gasteiger partial charge in [0.15, 0.2) is 0 Å².